The van der Waals surface area contributed by atoms with Crippen molar-refractivity contribution in [2.75, 3.05) is 4.90 Å². The molecule has 0 aliphatic carbocycles. The SMILES string of the molecule is C=CCC(C#N)(C#N)C(c1ccccc1)N(C(C)=O)c1ccccc1. The number of hydrogen-bond donors (Lipinski definition) is 0. The molecule has 4 heteroatoms. The Morgan fingerprint density at radius 1 is 1.12 bits per heavy atom. The molecule has 0 fully saturated rings. The molecular formula is C21H19N3O. The molecule has 4 nitrogen and oxygen atoms in total. The highest BCUT2D eigenvalue weighted by Crippen LogP contribution is 2.43. The Morgan fingerprint density at radius 2 is 1.64 bits per heavy atom. The van der Waals surface area contributed by atoms with E-state index in [0.29, 0.717) is 5.69 Å². The van der Waals surface area contributed by atoms with Gasteiger partial charge in [0.05, 0.1) is 18.2 Å². The number of carbonyl (C=O) groups excluding carboxylic acids is 1. The van der Waals surface area contributed by atoms with E-state index in [1.54, 1.807) is 18.2 Å². The Labute approximate surface area is 148 Å². The lowest BCUT2D eigenvalue weighted by Gasteiger charge is -2.38. The van der Waals surface area contributed by atoms with Crippen LogP contribution < -0.4 is 4.90 Å². The van der Waals surface area contributed by atoms with E-state index in [2.05, 4.69) is 18.7 Å². The summed E-state index contributed by atoms with van der Waals surface area (Å²) >= 11 is 0. The maximum atomic E-state index is 12.5. The van der Waals surface area contributed by atoms with E-state index < -0.39 is 11.5 Å². The largest absolute Gasteiger partial charge is 0.302 e. The zero-order valence-corrected chi connectivity index (χ0v) is 14.1. The van der Waals surface area contributed by atoms with E-state index in [1.165, 1.54) is 11.8 Å². The molecule has 0 bridgehead atoms. The fourth-order valence-electron chi connectivity index (χ4n) is 2.97. The van der Waals surface area contributed by atoms with Crippen LogP contribution in [0.5, 0.6) is 0 Å². The van der Waals surface area contributed by atoms with Crippen LogP contribution in [0.4, 0.5) is 5.69 Å². The zero-order chi connectivity index (χ0) is 18.3. The fraction of sp³-hybridized carbons (Fsp3) is 0.190. The first kappa shape index (κ1) is 18.0. The molecule has 25 heavy (non-hydrogen) atoms. The van der Waals surface area contributed by atoms with Crippen molar-refractivity contribution in [2.24, 2.45) is 5.41 Å². The van der Waals surface area contributed by atoms with Crippen molar-refractivity contribution in [1.82, 2.24) is 0 Å². The van der Waals surface area contributed by atoms with Crippen molar-refractivity contribution in [3.63, 3.8) is 0 Å². The number of nitrogens with zero attached hydrogens (tertiary/aromatic N) is 3. The number of rotatable bonds is 6. The van der Waals surface area contributed by atoms with Crippen LogP contribution in [0.15, 0.2) is 73.3 Å². The summed E-state index contributed by atoms with van der Waals surface area (Å²) in [6, 6.07) is 21.8. The molecule has 0 saturated carbocycles. The van der Waals surface area contributed by atoms with Crippen molar-refractivity contribution >= 4 is 11.6 Å². The average Bonchev–Trinajstić information content (AvgIpc) is 2.65. The lowest BCUT2D eigenvalue weighted by atomic mass is 9.75. The second-order valence-electron chi connectivity index (χ2n) is 5.73. The number of carbonyl (C=O) groups is 1. The molecule has 2 aromatic rings. The van der Waals surface area contributed by atoms with Crippen LogP contribution >= 0.6 is 0 Å². The Kier molecular flexibility index (Phi) is 5.71. The molecule has 0 heterocycles. The third-order valence-corrected chi connectivity index (χ3v) is 4.08. The first-order valence-electron chi connectivity index (χ1n) is 7.93. The summed E-state index contributed by atoms with van der Waals surface area (Å²) in [5, 5.41) is 19.7. The predicted octanol–water partition coefficient (Wildman–Crippen LogP) is 4.39. The minimum Gasteiger partial charge on any atom is -0.302 e. The van der Waals surface area contributed by atoms with Crippen molar-refractivity contribution in [3.8, 4) is 12.1 Å². The van der Waals surface area contributed by atoms with Crippen molar-refractivity contribution in [3.05, 3.63) is 78.9 Å². The second-order valence-corrected chi connectivity index (χ2v) is 5.73. The van der Waals surface area contributed by atoms with Gasteiger partial charge in [-0.3, -0.25) is 4.79 Å². The Morgan fingerprint density at radius 3 is 2.08 bits per heavy atom. The lowest BCUT2D eigenvalue weighted by Crippen LogP contribution is -2.42. The van der Waals surface area contributed by atoms with E-state index in [4.69, 9.17) is 0 Å². The zero-order valence-electron chi connectivity index (χ0n) is 14.1. The smallest absolute Gasteiger partial charge is 0.224 e. The van der Waals surface area contributed by atoms with Crippen LogP contribution in [0.1, 0.15) is 24.9 Å². The Balaban J connectivity index is 2.74. The number of nitriles is 2. The number of hydrogen-bond acceptors (Lipinski definition) is 3. The van der Waals surface area contributed by atoms with Gasteiger partial charge in [-0.15, -0.1) is 6.58 Å². The maximum absolute atomic E-state index is 12.5. The molecule has 1 amide bonds. The lowest BCUT2D eigenvalue weighted by molar-refractivity contribution is -0.117. The molecule has 0 aliphatic heterocycles. The molecule has 0 aromatic heterocycles. The molecule has 0 spiro atoms. The van der Waals surface area contributed by atoms with Crippen molar-refractivity contribution < 1.29 is 4.79 Å². The first-order chi connectivity index (χ1) is 12.1. The molecule has 0 aliphatic rings. The standard InChI is InChI=1S/C21H19N3O/c1-3-14-21(15-22,16-23)20(18-10-6-4-7-11-18)24(17(2)25)19-12-8-5-9-13-19/h3-13,20H,1,14H2,2H3. The van der Waals surface area contributed by atoms with Gasteiger partial charge in [0, 0.05) is 12.6 Å². The van der Waals surface area contributed by atoms with Gasteiger partial charge in [0.1, 0.15) is 0 Å². The molecular weight excluding hydrogens is 310 g/mol. The van der Waals surface area contributed by atoms with Gasteiger partial charge in [0.2, 0.25) is 5.91 Å². The molecule has 2 aromatic carbocycles. The summed E-state index contributed by atoms with van der Waals surface area (Å²) < 4.78 is 0. The second kappa shape index (κ2) is 7.95. The summed E-state index contributed by atoms with van der Waals surface area (Å²) in [4.78, 5) is 14.0. The van der Waals surface area contributed by atoms with Gasteiger partial charge in [0.25, 0.3) is 0 Å². The third kappa shape index (κ3) is 3.59. The van der Waals surface area contributed by atoms with Gasteiger partial charge in [0.15, 0.2) is 5.41 Å². The number of benzene rings is 2. The van der Waals surface area contributed by atoms with Crippen LogP contribution in [-0.4, -0.2) is 5.91 Å². The van der Waals surface area contributed by atoms with Crippen LogP contribution in [-0.2, 0) is 4.79 Å². The van der Waals surface area contributed by atoms with E-state index in [-0.39, 0.29) is 12.3 Å². The maximum Gasteiger partial charge on any atom is 0.224 e. The summed E-state index contributed by atoms with van der Waals surface area (Å²) in [5.41, 5.74) is -0.0702. The number of allylic oxidation sites excluding steroid dienone is 1. The number of para-hydroxylation sites is 1. The predicted molar refractivity (Wildman–Crippen MR) is 97.3 cm³/mol. The van der Waals surface area contributed by atoms with Gasteiger partial charge >= 0.3 is 0 Å². The van der Waals surface area contributed by atoms with Gasteiger partial charge < -0.3 is 4.90 Å². The van der Waals surface area contributed by atoms with Crippen molar-refractivity contribution in [1.29, 1.82) is 10.5 Å². The topological polar surface area (TPSA) is 67.9 Å². The van der Waals surface area contributed by atoms with Gasteiger partial charge in [-0.25, -0.2) is 0 Å². The highest BCUT2D eigenvalue weighted by Gasteiger charge is 2.45. The normalized spacial score (nSPS) is 11.6. The highest BCUT2D eigenvalue weighted by molar-refractivity contribution is 5.92. The minimum atomic E-state index is -1.44. The molecule has 2 rings (SSSR count). The average molecular weight is 329 g/mol. The first-order valence-corrected chi connectivity index (χ1v) is 7.93. The van der Waals surface area contributed by atoms with Crippen LogP contribution in [0, 0.1) is 28.1 Å². The Bertz CT molecular complexity index is 802. The summed E-state index contributed by atoms with van der Waals surface area (Å²) in [6.45, 7) is 5.13. The van der Waals surface area contributed by atoms with E-state index in [0.717, 1.165) is 5.56 Å². The molecule has 0 radical (unpaired) electrons. The van der Waals surface area contributed by atoms with Gasteiger partial charge in [-0.05, 0) is 24.1 Å². The van der Waals surface area contributed by atoms with Crippen LogP contribution in [0.2, 0.25) is 0 Å². The minimum absolute atomic E-state index is 0.149. The quantitative estimate of drug-likeness (QED) is 0.738. The summed E-state index contributed by atoms with van der Waals surface area (Å²) in [5.74, 6) is -0.237. The van der Waals surface area contributed by atoms with E-state index >= 15 is 0 Å². The number of anilines is 1. The van der Waals surface area contributed by atoms with E-state index in [1.807, 2.05) is 48.5 Å². The molecule has 124 valence electrons. The van der Waals surface area contributed by atoms with E-state index in [9.17, 15) is 15.3 Å². The Hall–Kier alpha value is -3.37. The van der Waals surface area contributed by atoms with Gasteiger partial charge in [-0.1, -0.05) is 54.6 Å². The molecule has 0 saturated heterocycles. The fourth-order valence-corrected chi connectivity index (χ4v) is 2.97. The summed E-state index contributed by atoms with van der Waals surface area (Å²) in [6.07, 6.45) is 1.70. The number of amides is 1. The van der Waals surface area contributed by atoms with Gasteiger partial charge in [-0.2, -0.15) is 10.5 Å². The monoisotopic (exact) mass is 329 g/mol. The summed E-state index contributed by atoms with van der Waals surface area (Å²) in [7, 11) is 0. The van der Waals surface area contributed by atoms with Crippen LogP contribution in [0.25, 0.3) is 0 Å². The molecule has 1 unspecified atom stereocenters. The third-order valence-electron chi connectivity index (χ3n) is 4.08. The molecule has 1 atom stereocenters. The van der Waals surface area contributed by atoms with Crippen molar-refractivity contribution in [2.45, 2.75) is 19.4 Å². The highest BCUT2D eigenvalue weighted by atomic mass is 16.2. The molecule has 0 N–H and O–H groups in total. The van der Waals surface area contributed by atoms with Crippen LogP contribution in [0.3, 0.4) is 0 Å².